The van der Waals surface area contributed by atoms with E-state index in [0.29, 0.717) is 0 Å². The number of fused-ring (bicyclic) bond motifs is 1. The van der Waals surface area contributed by atoms with Gasteiger partial charge in [-0.3, -0.25) is 4.79 Å². The van der Waals surface area contributed by atoms with Crippen molar-refractivity contribution in [2.45, 2.75) is 15.4 Å². The number of carbonyl (C=O) groups excluding carboxylic acids is 1. The quantitative estimate of drug-likeness (QED) is 0.442. The first-order valence-electron chi connectivity index (χ1n) is 6.66. The molecule has 1 aromatic carbocycles. The van der Waals surface area contributed by atoms with Gasteiger partial charge in [0.15, 0.2) is 0 Å². The van der Waals surface area contributed by atoms with Crippen LogP contribution in [0.15, 0.2) is 23.1 Å². The van der Waals surface area contributed by atoms with Crippen molar-refractivity contribution in [1.82, 2.24) is 0 Å². The third kappa shape index (κ3) is 3.23. The van der Waals surface area contributed by atoms with E-state index in [1.165, 1.54) is 16.2 Å². The lowest BCUT2D eigenvalue weighted by molar-refractivity contribution is -0.107. The molecule has 21 heavy (non-hydrogen) atoms. The molecule has 0 N–H and O–H groups in total. The van der Waals surface area contributed by atoms with E-state index in [1.54, 1.807) is 4.90 Å². The zero-order valence-corrected chi connectivity index (χ0v) is 16.5. The lowest BCUT2D eigenvalue weighted by Gasteiger charge is -2.48. The molecule has 0 aliphatic carbocycles. The molecule has 0 radical (unpaired) electrons. The van der Waals surface area contributed by atoms with Crippen LogP contribution in [0.3, 0.4) is 0 Å². The molecule has 1 heterocycles. The highest BCUT2D eigenvalue weighted by molar-refractivity contribution is 8.94. The van der Waals surface area contributed by atoms with E-state index < -0.39 is 9.06 Å². The fourth-order valence-corrected chi connectivity index (χ4v) is 11.2. The number of amides is 1. The standard InChI is InChI=1S/C15H23NOS4/c1-16(11-17)13-7-6-12-9-15(18-2,19-3)10-21(5,20-4)14(12)8-13/h6-8,11H,9-10H2,1-5H3. The first-order chi connectivity index (χ1) is 9.93. The van der Waals surface area contributed by atoms with Crippen molar-refractivity contribution < 1.29 is 4.79 Å². The Morgan fingerprint density at radius 3 is 2.48 bits per heavy atom. The van der Waals surface area contributed by atoms with Gasteiger partial charge in [-0.2, -0.15) is 9.06 Å². The molecule has 1 amide bonds. The normalized spacial score (nSPS) is 26.5. The Hall–Kier alpha value is 0.0900. The molecule has 2 nitrogen and oxygen atoms in total. The van der Waals surface area contributed by atoms with E-state index in [2.05, 4.69) is 43.2 Å². The number of rotatable bonds is 5. The molecule has 0 aromatic heterocycles. The second kappa shape index (κ2) is 6.69. The monoisotopic (exact) mass is 361 g/mol. The molecule has 1 aliphatic heterocycles. The highest BCUT2D eigenvalue weighted by atomic mass is 33.2. The fraction of sp³-hybridized carbons (Fsp3) is 0.533. The zero-order chi connectivity index (χ0) is 15.7. The number of hydrogen-bond acceptors (Lipinski definition) is 4. The van der Waals surface area contributed by atoms with E-state index in [9.17, 15) is 4.79 Å². The first-order valence-corrected chi connectivity index (χ1v) is 13.1. The van der Waals surface area contributed by atoms with Crippen LogP contribution in [0.4, 0.5) is 5.69 Å². The zero-order valence-electron chi connectivity index (χ0n) is 13.2. The first kappa shape index (κ1) is 17.4. The van der Waals surface area contributed by atoms with Crippen LogP contribution >= 0.6 is 43.4 Å². The molecule has 1 aromatic rings. The molecule has 118 valence electrons. The molecule has 0 spiro atoms. The summed E-state index contributed by atoms with van der Waals surface area (Å²) < 4.78 is 0.290. The van der Waals surface area contributed by atoms with Gasteiger partial charge in [0, 0.05) is 23.4 Å². The Balaban J connectivity index is 2.53. The Morgan fingerprint density at radius 1 is 1.29 bits per heavy atom. The maximum atomic E-state index is 11.0. The minimum absolute atomic E-state index is 0.290. The van der Waals surface area contributed by atoms with Gasteiger partial charge in [0.05, 0.1) is 4.08 Å². The fourth-order valence-electron chi connectivity index (χ4n) is 2.70. The highest BCUT2D eigenvalue weighted by Crippen LogP contribution is 2.70. The third-order valence-electron chi connectivity index (χ3n) is 4.15. The largest absolute Gasteiger partial charge is 0.318 e. The summed E-state index contributed by atoms with van der Waals surface area (Å²) in [5, 5.41) is 0. The summed E-state index contributed by atoms with van der Waals surface area (Å²) in [5.41, 5.74) is 2.46. The molecule has 6 heteroatoms. The van der Waals surface area contributed by atoms with Gasteiger partial charge in [0.25, 0.3) is 0 Å². The predicted octanol–water partition coefficient (Wildman–Crippen LogP) is 4.33. The smallest absolute Gasteiger partial charge is 0.213 e. The van der Waals surface area contributed by atoms with E-state index in [-0.39, 0.29) is 4.08 Å². The molecule has 1 unspecified atom stereocenters. The molecular weight excluding hydrogens is 338 g/mol. The summed E-state index contributed by atoms with van der Waals surface area (Å²) in [6.07, 6.45) is 11.1. The van der Waals surface area contributed by atoms with Crippen molar-refractivity contribution in [3.05, 3.63) is 23.8 Å². The highest BCUT2D eigenvalue weighted by Gasteiger charge is 2.42. The van der Waals surface area contributed by atoms with Crippen LogP contribution in [0.2, 0.25) is 0 Å². The predicted molar refractivity (Wildman–Crippen MR) is 105 cm³/mol. The SMILES string of the molecule is CSC1(SC)Cc2ccc(N(C)C=O)cc2S(C)(SC)C1. The Kier molecular flexibility index (Phi) is 5.55. The van der Waals surface area contributed by atoms with Crippen molar-refractivity contribution in [3.63, 3.8) is 0 Å². The van der Waals surface area contributed by atoms with Gasteiger partial charge >= 0.3 is 0 Å². The van der Waals surface area contributed by atoms with Gasteiger partial charge < -0.3 is 4.90 Å². The summed E-state index contributed by atoms with van der Waals surface area (Å²) in [7, 11) is 2.92. The van der Waals surface area contributed by atoms with Gasteiger partial charge in [-0.05, 0) is 49.1 Å². The summed E-state index contributed by atoms with van der Waals surface area (Å²) in [5.74, 6) is 1.23. The van der Waals surface area contributed by atoms with Crippen LogP contribution in [0.25, 0.3) is 0 Å². The second-order valence-electron chi connectivity index (χ2n) is 5.32. The van der Waals surface area contributed by atoms with E-state index in [0.717, 1.165) is 18.5 Å². The van der Waals surface area contributed by atoms with E-state index in [1.807, 2.05) is 41.4 Å². The summed E-state index contributed by atoms with van der Waals surface area (Å²) >= 11 is 3.99. The summed E-state index contributed by atoms with van der Waals surface area (Å²) in [4.78, 5) is 14.2. The number of benzene rings is 1. The average Bonchev–Trinajstić information content (AvgIpc) is 2.53. The number of hydrogen-bond donors (Lipinski definition) is 0. The molecular formula is C15H23NOS4. The van der Waals surface area contributed by atoms with Crippen molar-refractivity contribution in [2.24, 2.45) is 0 Å². The van der Waals surface area contributed by atoms with Gasteiger partial charge in [-0.25, -0.2) is 0 Å². The maximum Gasteiger partial charge on any atom is 0.213 e. The number of thioether (sulfide) groups is 2. The molecule has 0 saturated carbocycles. The van der Waals surface area contributed by atoms with Gasteiger partial charge in [-0.1, -0.05) is 6.07 Å². The van der Waals surface area contributed by atoms with Crippen LogP contribution in [0, 0.1) is 0 Å². The van der Waals surface area contributed by atoms with Crippen molar-refractivity contribution in [3.8, 4) is 0 Å². The van der Waals surface area contributed by atoms with E-state index >= 15 is 0 Å². The second-order valence-corrected chi connectivity index (χ2v) is 14.2. The number of nitrogens with zero attached hydrogens (tertiary/aromatic N) is 1. The maximum absolute atomic E-state index is 11.0. The molecule has 0 saturated heterocycles. The van der Waals surface area contributed by atoms with Gasteiger partial charge in [0.1, 0.15) is 0 Å². The minimum atomic E-state index is -0.901. The lowest BCUT2D eigenvalue weighted by Crippen LogP contribution is -2.34. The molecule has 0 fully saturated rings. The average molecular weight is 362 g/mol. The van der Waals surface area contributed by atoms with Crippen molar-refractivity contribution in [2.75, 3.05) is 42.7 Å². The van der Waals surface area contributed by atoms with Crippen LogP contribution in [-0.2, 0) is 11.2 Å². The topological polar surface area (TPSA) is 20.3 Å². The van der Waals surface area contributed by atoms with Gasteiger partial charge in [-0.15, -0.1) is 34.3 Å². The van der Waals surface area contributed by atoms with Crippen LogP contribution in [-0.4, -0.2) is 48.3 Å². The lowest BCUT2D eigenvalue weighted by atomic mass is 10.1. The van der Waals surface area contributed by atoms with Crippen molar-refractivity contribution >= 4 is 55.5 Å². The molecule has 1 aliphatic rings. The number of carbonyl (C=O) groups is 1. The summed E-state index contributed by atoms with van der Waals surface area (Å²) in [6.45, 7) is 0. The van der Waals surface area contributed by atoms with Crippen molar-refractivity contribution in [1.29, 1.82) is 0 Å². The van der Waals surface area contributed by atoms with Gasteiger partial charge in [0.2, 0.25) is 6.41 Å². The molecule has 1 atom stereocenters. The van der Waals surface area contributed by atoms with Crippen LogP contribution < -0.4 is 4.90 Å². The Bertz CT molecular complexity index is 532. The third-order valence-corrected chi connectivity index (χ3v) is 13.8. The van der Waals surface area contributed by atoms with Crippen LogP contribution in [0.5, 0.6) is 0 Å². The number of anilines is 1. The summed E-state index contributed by atoms with van der Waals surface area (Å²) in [6, 6.07) is 6.54. The Labute approximate surface area is 141 Å². The minimum Gasteiger partial charge on any atom is -0.318 e. The molecule has 2 rings (SSSR count). The Morgan fingerprint density at radius 2 is 1.95 bits per heavy atom. The van der Waals surface area contributed by atoms with E-state index in [4.69, 9.17) is 0 Å². The molecule has 0 bridgehead atoms. The van der Waals surface area contributed by atoms with Crippen LogP contribution in [0.1, 0.15) is 5.56 Å².